The molecule has 146 valence electrons. The summed E-state index contributed by atoms with van der Waals surface area (Å²) < 4.78 is 39.8. The lowest BCUT2D eigenvalue weighted by Gasteiger charge is -2.44. The Bertz CT molecular complexity index is 955. The molecule has 2 aromatic carbocycles. The van der Waals surface area contributed by atoms with E-state index in [-0.39, 0.29) is 23.4 Å². The van der Waals surface area contributed by atoms with Crippen LogP contribution in [0, 0.1) is 17.8 Å². The van der Waals surface area contributed by atoms with Gasteiger partial charge in [-0.05, 0) is 72.3 Å². The predicted octanol–water partition coefficient (Wildman–Crippen LogP) is 5.70. The molecule has 1 heterocycles. The quantitative estimate of drug-likeness (QED) is 0.695. The number of benzene rings is 2. The van der Waals surface area contributed by atoms with Crippen LogP contribution in [0.2, 0.25) is 0 Å². The van der Waals surface area contributed by atoms with E-state index in [0.717, 1.165) is 30.9 Å². The average molecular weight is 387 g/mol. The molecule has 2 aromatic rings. The van der Waals surface area contributed by atoms with Crippen LogP contribution in [0.25, 0.3) is 0 Å². The molecule has 0 radical (unpaired) electrons. The van der Waals surface area contributed by atoms with Gasteiger partial charge in [0.2, 0.25) is 0 Å². The van der Waals surface area contributed by atoms with Gasteiger partial charge in [0, 0.05) is 0 Å². The van der Waals surface area contributed by atoms with E-state index < -0.39 is 17.7 Å². The van der Waals surface area contributed by atoms with Crippen molar-refractivity contribution < 1.29 is 23.1 Å². The Morgan fingerprint density at radius 3 is 2.57 bits per heavy atom. The average Bonchev–Trinajstić information content (AvgIpc) is 3.28. The first-order chi connectivity index (χ1) is 13.3. The topological polar surface area (TPSA) is 49.3 Å². The molecule has 0 spiro atoms. The molecule has 3 aliphatic rings. The van der Waals surface area contributed by atoms with E-state index in [4.69, 9.17) is 0 Å². The zero-order valence-corrected chi connectivity index (χ0v) is 15.0. The maximum Gasteiger partial charge on any atom is 0.416 e. The third-order valence-electron chi connectivity index (χ3n) is 6.92. The number of nitrogens with one attached hydrogen (secondary N) is 1. The van der Waals surface area contributed by atoms with Crippen molar-refractivity contribution in [2.75, 3.05) is 5.32 Å². The number of hydrogen-bond donors (Lipinski definition) is 2. The molecule has 28 heavy (non-hydrogen) atoms. The summed E-state index contributed by atoms with van der Waals surface area (Å²) in [6.45, 7) is 0. The summed E-state index contributed by atoms with van der Waals surface area (Å²) >= 11 is 0. The van der Waals surface area contributed by atoms with Crippen molar-refractivity contribution in [1.82, 2.24) is 0 Å². The Morgan fingerprint density at radius 2 is 1.82 bits per heavy atom. The fraction of sp³-hybridized carbons (Fsp3) is 0.409. The number of alkyl halides is 3. The van der Waals surface area contributed by atoms with Gasteiger partial charge in [-0.3, -0.25) is 0 Å². The Kier molecular flexibility index (Phi) is 3.77. The number of fused-ring (bicyclic) bond motifs is 7. The molecule has 2 bridgehead atoms. The van der Waals surface area contributed by atoms with Crippen molar-refractivity contribution in [3.8, 4) is 0 Å². The lowest BCUT2D eigenvalue weighted by Crippen LogP contribution is -2.36. The van der Waals surface area contributed by atoms with Gasteiger partial charge in [0.25, 0.3) is 0 Å². The van der Waals surface area contributed by atoms with Gasteiger partial charge in [0.1, 0.15) is 0 Å². The predicted molar refractivity (Wildman–Crippen MR) is 98.3 cm³/mol. The second kappa shape index (κ2) is 6.00. The normalized spacial score (nSPS) is 30.5. The van der Waals surface area contributed by atoms with Gasteiger partial charge in [-0.25, -0.2) is 4.79 Å². The van der Waals surface area contributed by atoms with Gasteiger partial charge >= 0.3 is 12.1 Å². The molecule has 2 saturated carbocycles. The lowest BCUT2D eigenvalue weighted by atomic mass is 9.67. The van der Waals surface area contributed by atoms with E-state index in [1.807, 2.05) is 6.07 Å². The maximum atomic E-state index is 13.3. The molecule has 1 aliphatic heterocycles. The van der Waals surface area contributed by atoms with E-state index in [9.17, 15) is 23.1 Å². The number of carboxylic acid groups (broad SMARTS) is 1. The van der Waals surface area contributed by atoms with Crippen LogP contribution in [-0.4, -0.2) is 11.1 Å². The minimum Gasteiger partial charge on any atom is -0.478 e. The maximum absolute atomic E-state index is 13.3. The molecule has 5 rings (SSSR count). The van der Waals surface area contributed by atoms with Crippen molar-refractivity contribution in [3.05, 3.63) is 64.7 Å². The first-order valence-corrected chi connectivity index (χ1v) is 9.64. The minimum atomic E-state index is -4.40. The van der Waals surface area contributed by atoms with Crippen molar-refractivity contribution in [3.63, 3.8) is 0 Å². The van der Waals surface area contributed by atoms with Gasteiger partial charge in [0.15, 0.2) is 0 Å². The first kappa shape index (κ1) is 17.6. The van der Waals surface area contributed by atoms with Gasteiger partial charge in [-0.1, -0.05) is 24.3 Å². The summed E-state index contributed by atoms with van der Waals surface area (Å²) in [5, 5.41) is 13.0. The number of rotatable bonds is 2. The van der Waals surface area contributed by atoms with Gasteiger partial charge < -0.3 is 10.4 Å². The van der Waals surface area contributed by atoms with E-state index in [1.165, 1.54) is 12.1 Å². The number of halogens is 3. The van der Waals surface area contributed by atoms with Crippen LogP contribution in [0.15, 0.2) is 42.5 Å². The number of para-hydroxylation sites is 1. The molecule has 0 aromatic heterocycles. The van der Waals surface area contributed by atoms with Gasteiger partial charge in [0.05, 0.1) is 22.9 Å². The third-order valence-corrected chi connectivity index (χ3v) is 6.92. The zero-order chi connectivity index (χ0) is 19.6. The van der Waals surface area contributed by atoms with Crippen molar-refractivity contribution in [1.29, 1.82) is 0 Å². The highest BCUT2D eigenvalue weighted by molar-refractivity contribution is 5.95. The second-order valence-corrected chi connectivity index (χ2v) is 8.26. The molecule has 5 atom stereocenters. The van der Waals surface area contributed by atoms with E-state index >= 15 is 0 Å². The van der Waals surface area contributed by atoms with Crippen molar-refractivity contribution in [2.24, 2.45) is 17.8 Å². The van der Waals surface area contributed by atoms with Crippen LogP contribution in [0.4, 0.5) is 18.9 Å². The monoisotopic (exact) mass is 387 g/mol. The smallest absolute Gasteiger partial charge is 0.416 e. The third kappa shape index (κ3) is 2.54. The molecular formula is C22H20F3NO2. The van der Waals surface area contributed by atoms with Gasteiger partial charge in [-0.2, -0.15) is 13.2 Å². The fourth-order valence-electron chi connectivity index (χ4n) is 5.93. The number of anilines is 1. The second-order valence-electron chi connectivity index (χ2n) is 8.26. The van der Waals surface area contributed by atoms with Gasteiger partial charge in [-0.15, -0.1) is 0 Å². The van der Waals surface area contributed by atoms with Crippen molar-refractivity contribution >= 4 is 11.7 Å². The Labute approximate surface area is 160 Å². The van der Waals surface area contributed by atoms with Crippen LogP contribution < -0.4 is 5.32 Å². The number of carbonyl (C=O) groups is 1. The van der Waals surface area contributed by atoms with Crippen LogP contribution in [0.3, 0.4) is 0 Å². The number of aromatic carboxylic acids is 1. The van der Waals surface area contributed by atoms with E-state index in [0.29, 0.717) is 23.1 Å². The highest BCUT2D eigenvalue weighted by atomic mass is 19.4. The van der Waals surface area contributed by atoms with E-state index in [1.54, 1.807) is 18.2 Å². The molecule has 2 fully saturated rings. The number of hydrogen-bond acceptors (Lipinski definition) is 2. The first-order valence-electron chi connectivity index (χ1n) is 9.64. The summed E-state index contributed by atoms with van der Waals surface area (Å²) in [6, 6.07) is 10.5. The molecule has 3 nitrogen and oxygen atoms in total. The summed E-state index contributed by atoms with van der Waals surface area (Å²) in [5.41, 5.74) is 1.70. The molecular weight excluding hydrogens is 367 g/mol. The fourth-order valence-corrected chi connectivity index (χ4v) is 5.93. The molecule has 0 amide bonds. The summed E-state index contributed by atoms with van der Waals surface area (Å²) in [7, 11) is 0. The summed E-state index contributed by atoms with van der Waals surface area (Å²) in [6.07, 6.45) is -1.12. The summed E-state index contributed by atoms with van der Waals surface area (Å²) in [5.74, 6) is 0.318. The molecule has 0 unspecified atom stereocenters. The van der Waals surface area contributed by atoms with Crippen LogP contribution >= 0.6 is 0 Å². The van der Waals surface area contributed by atoms with E-state index in [2.05, 4.69) is 5.32 Å². The SMILES string of the molecule is O=C(O)c1cccc2c1N[C@H](c1cccc(C(F)(F)F)c1)[C@H]1[C@@H]3CC[C@@H](C3)[C@H]21. The van der Waals surface area contributed by atoms with Crippen LogP contribution in [-0.2, 0) is 6.18 Å². The number of carboxylic acids is 1. The lowest BCUT2D eigenvalue weighted by molar-refractivity contribution is -0.137. The Hall–Kier alpha value is -2.50. The van der Waals surface area contributed by atoms with Crippen LogP contribution in [0.1, 0.15) is 58.3 Å². The highest BCUT2D eigenvalue weighted by Gasteiger charge is 2.54. The highest BCUT2D eigenvalue weighted by Crippen LogP contribution is 2.64. The van der Waals surface area contributed by atoms with Crippen molar-refractivity contribution in [2.45, 2.75) is 37.4 Å². The minimum absolute atomic E-state index is 0.190. The largest absolute Gasteiger partial charge is 0.478 e. The Balaban J connectivity index is 1.65. The molecule has 2 N–H and O–H groups in total. The Morgan fingerprint density at radius 1 is 1.07 bits per heavy atom. The standard InChI is InChI=1S/C22H20F3NO2/c23-22(24,25)14-4-1-3-13(10-14)19-18-12-8-7-11(9-12)17(18)15-5-2-6-16(21(27)28)20(15)26-19/h1-6,10-12,17-19,26H,7-9H2,(H,27,28)/t11-,12+,17+,18-,19+/m0/s1. The molecule has 0 saturated heterocycles. The molecule has 6 heteroatoms. The summed E-state index contributed by atoms with van der Waals surface area (Å²) in [4.78, 5) is 11.8. The zero-order valence-electron chi connectivity index (χ0n) is 15.0. The van der Waals surface area contributed by atoms with Crippen LogP contribution in [0.5, 0.6) is 0 Å². The molecule has 2 aliphatic carbocycles.